The van der Waals surface area contributed by atoms with Gasteiger partial charge in [-0.15, -0.1) is 0 Å². The number of likely N-dealkylation sites (tertiary alicyclic amines) is 1. The third kappa shape index (κ3) is 3.57. The first kappa shape index (κ1) is 18.4. The molecule has 3 heterocycles. The zero-order valence-electron chi connectivity index (χ0n) is 15.9. The lowest BCUT2D eigenvalue weighted by Gasteiger charge is -2.22. The Labute approximate surface area is 163 Å². The number of aromatic nitrogens is 3. The molecule has 6 nitrogen and oxygen atoms in total. The number of amides is 1. The minimum atomic E-state index is -0.312. The number of nitrogens with zero attached hydrogens (tertiary/aromatic N) is 4. The smallest absolute Gasteiger partial charge is 0.256 e. The zero-order chi connectivity index (χ0) is 19.5. The van der Waals surface area contributed by atoms with Gasteiger partial charge in [-0.25, -0.2) is 9.07 Å². The molecule has 1 aromatic carbocycles. The first-order valence-corrected chi connectivity index (χ1v) is 9.67. The summed E-state index contributed by atoms with van der Waals surface area (Å²) in [5, 5.41) is 7.48. The average molecular weight is 381 g/mol. The summed E-state index contributed by atoms with van der Waals surface area (Å²) in [6.45, 7) is 4.86. The van der Waals surface area contributed by atoms with Gasteiger partial charge in [0.25, 0.3) is 5.91 Å². The van der Waals surface area contributed by atoms with E-state index in [2.05, 4.69) is 22.2 Å². The van der Waals surface area contributed by atoms with Crippen molar-refractivity contribution in [3.05, 3.63) is 66.4 Å². The number of rotatable bonds is 6. The van der Waals surface area contributed by atoms with Crippen LogP contribution in [0.25, 0.3) is 11.5 Å². The van der Waals surface area contributed by atoms with Crippen molar-refractivity contribution in [2.45, 2.75) is 25.8 Å². The van der Waals surface area contributed by atoms with Crippen molar-refractivity contribution in [2.75, 3.05) is 19.6 Å². The van der Waals surface area contributed by atoms with E-state index in [0.717, 1.165) is 19.5 Å². The Morgan fingerprint density at radius 1 is 1.25 bits per heavy atom. The van der Waals surface area contributed by atoms with Gasteiger partial charge >= 0.3 is 0 Å². The van der Waals surface area contributed by atoms with Crippen LogP contribution in [0.5, 0.6) is 0 Å². The molecule has 4 rings (SSSR count). The van der Waals surface area contributed by atoms with Gasteiger partial charge < -0.3 is 9.88 Å². The van der Waals surface area contributed by atoms with Crippen molar-refractivity contribution >= 4 is 5.91 Å². The SMILES string of the molecule is CCN1CCC[C@H]1CNC(=O)c1cnn(-c2ccc(F)cc2)c1-n1cccc1. The number of halogens is 1. The lowest BCUT2D eigenvalue weighted by atomic mass is 10.2. The van der Waals surface area contributed by atoms with E-state index in [1.807, 2.05) is 29.1 Å². The van der Waals surface area contributed by atoms with Gasteiger partial charge in [0.1, 0.15) is 11.4 Å². The second-order valence-corrected chi connectivity index (χ2v) is 7.00. The average Bonchev–Trinajstić information content (AvgIpc) is 3.46. The van der Waals surface area contributed by atoms with Crippen molar-refractivity contribution in [1.82, 2.24) is 24.6 Å². The van der Waals surface area contributed by atoms with E-state index in [1.165, 1.54) is 18.6 Å². The normalized spacial score (nSPS) is 17.1. The molecule has 0 saturated carbocycles. The van der Waals surface area contributed by atoms with Gasteiger partial charge in [-0.3, -0.25) is 9.69 Å². The molecule has 1 saturated heterocycles. The van der Waals surface area contributed by atoms with Crippen LogP contribution in [0.4, 0.5) is 4.39 Å². The molecule has 1 fully saturated rings. The highest BCUT2D eigenvalue weighted by molar-refractivity contribution is 5.97. The van der Waals surface area contributed by atoms with Crippen molar-refractivity contribution in [1.29, 1.82) is 0 Å². The molecular formula is C21H24FN5O. The summed E-state index contributed by atoms with van der Waals surface area (Å²) in [6.07, 6.45) is 7.58. The van der Waals surface area contributed by atoms with Crippen LogP contribution < -0.4 is 5.32 Å². The maximum absolute atomic E-state index is 13.3. The Morgan fingerprint density at radius 3 is 2.71 bits per heavy atom. The molecule has 7 heteroatoms. The maximum Gasteiger partial charge on any atom is 0.256 e. The highest BCUT2D eigenvalue weighted by atomic mass is 19.1. The summed E-state index contributed by atoms with van der Waals surface area (Å²) in [4.78, 5) is 15.4. The number of hydrogen-bond donors (Lipinski definition) is 1. The van der Waals surface area contributed by atoms with Crippen molar-refractivity contribution in [2.24, 2.45) is 0 Å². The molecular weight excluding hydrogens is 357 g/mol. The Hall–Kier alpha value is -2.93. The quantitative estimate of drug-likeness (QED) is 0.714. The van der Waals surface area contributed by atoms with E-state index in [9.17, 15) is 9.18 Å². The minimum absolute atomic E-state index is 0.153. The number of benzene rings is 1. The number of likely N-dealkylation sites (N-methyl/N-ethyl adjacent to an activating group) is 1. The maximum atomic E-state index is 13.3. The molecule has 1 aliphatic heterocycles. The van der Waals surface area contributed by atoms with E-state index in [1.54, 1.807) is 23.0 Å². The van der Waals surface area contributed by atoms with E-state index in [-0.39, 0.29) is 11.7 Å². The minimum Gasteiger partial charge on any atom is -0.350 e. The highest BCUT2D eigenvalue weighted by Crippen LogP contribution is 2.21. The second kappa shape index (κ2) is 7.98. The molecule has 0 unspecified atom stereocenters. The number of carbonyl (C=O) groups excluding carboxylic acids is 1. The molecule has 1 atom stereocenters. The fourth-order valence-electron chi connectivity index (χ4n) is 3.85. The summed E-state index contributed by atoms with van der Waals surface area (Å²) >= 11 is 0. The largest absolute Gasteiger partial charge is 0.350 e. The van der Waals surface area contributed by atoms with E-state index < -0.39 is 0 Å². The summed E-state index contributed by atoms with van der Waals surface area (Å²) in [7, 11) is 0. The van der Waals surface area contributed by atoms with Crippen LogP contribution in [-0.2, 0) is 0 Å². The molecule has 1 amide bonds. The van der Waals surface area contributed by atoms with Crippen LogP contribution in [0.3, 0.4) is 0 Å². The molecule has 28 heavy (non-hydrogen) atoms. The Kier molecular flexibility index (Phi) is 5.25. The van der Waals surface area contributed by atoms with E-state index in [4.69, 9.17) is 0 Å². The first-order chi connectivity index (χ1) is 13.7. The fourth-order valence-corrected chi connectivity index (χ4v) is 3.85. The number of nitrogens with one attached hydrogen (secondary N) is 1. The Morgan fingerprint density at radius 2 is 2.00 bits per heavy atom. The van der Waals surface area contributed by atoms with E-state index in [0.29, 0.717) is 29.7 Å². The third-order valence-corrected chi connectivity index (χ3v) is 5.31. The molecule has 146 valence electrons. The van der Waals surface area contributed by atoms with Gasteiger partial charge in [-0.2, -0.15) is 5.10 Å². The molecule has 0 bridgehead atoms. The highest BCUT2D eigenvalue weighted by Gasteiger charge is 2.25. The topological polar surface area (TPSA) is 55.1 Å². The number of hydrogen-bond acceptors (Lipinski definition) is 3. The third-order valence-electron chi connectivity index (χ3n) is 5.31. The summed E-state index contributed by atoms with van der Waals surface area (Å²) in [6, 6.07) is 10.2. The molecule has 0 spiro atoms. The standard InChI is InChI=1S/C21H24FN5O/c1-2-25-13-5-6-18(25)14-23-20(28)19-15-24-27(17-9-7-16(22)8-10-17)21(19)26-11-3-4-12-26/h3-4,7-12,15,18H,2,5-6,13-14H2,1H3,(H,23,28)/t18-/m0/s1. The fraction of sp³-hybridized carbons (Fsp3) is 0.333. The molecule has 0 radical (unpaired) electrons. The number of carbonyl (C=O) groups is 1. The summed E-state index contributed by atoms with van der Waals surface area (Å²) < 4.78 is 16.8. The molecule has 2 aromatic heterocycles. The predicted octanol–water partition coefficient (Wildman–Crippen LogP) is 3.02. The Bertz CT molecular complexity index is 932. The monoisotopic (exact) mass is 381 g/mol. The van der Waals surface area contributed by atoms with Crippen molar-refractivity contribution < 1.29 is 9.18 Å². The van der Waals surface area contributed by atoms with Gasteiger partial charge in [-0.05, 0) is 62.3 Å². The van der Waals surface area contributed by atoms with Crippen molar-refractivity contribution in [3.8, 4) is 11.5 Å². The van der Waals surface area contributed by atoms with Crippen LogP contribution in [-0.4, -0.2) is 50.8 Å². The summed E-state index contributed by atoms with van der Waals surface area (Å²) in [5.74, 6) is 0.168. The van der Waals surface area contributed by atoms with Gasteiger partial charge in [-0.1, -0.05) is 6.92 Å². The van der Waals surface area contributed by atoms with Gasteiger partial charge in [0.15, 0.2) is 5.82 Å². The second-order valence-electron chi connectivity index (χ2n) is 7.00. The predicted molar refractivity (Wildman–Crippen MR) is 105 cm³/mol. The van der Waals surface area contributed by atoms with Crippen LogP contribution in [0.15, 0.2) is 55.0 Å². The lowest BCUT2D eigenvalue weighted by molar-refractivity contribution is 0.0941. The molecule has 1 N–H and O–H groups in total. The summed E-state index contributed by atoms with van der Waals surface area (Å²) in [5.41, 5.74) is 1.18. The molecule has 0 aliphatic carbocycles. The van der Waals surface area contributed by atoms with E-state index >= 15 is 0 Å². The lowest BCUT2D eigenvalue weighted by Crippen LogP contribution is -2.40. The first-order valence-electron chi connectivity index (χ1n) is 9.67. The van der Waals surface area contributed by atoms with Crippen LogP contribution in [0, 0.1) is 5.82 Å². The zero-order valence-corrected chi connectivity index (χ0v) is 15.9. The van der Waals surface area contributed by atoms with Crippen molar-refractivity contribution in [3.63, 3.8) is 0 Å². The van der Waals surface area contributed by atoms with Crippen LogP contribution in [0.1, 0.15) is 30.1 Å². The Balaban J connectivity index is 1.61. The van der Waals surface area contributed by atoms with Gasteiger partial charge in [0, 0.05) is 25.0 Å². The van der Waals surface area contributed by atoms with Gasteiger partial charge in [0.05, 0.1) is 11.9 Å². The van der Waals surface area contributed by atoms with Crippen LogP contribution >= 0.6 is 0 Å². The van der Waals surface area contributed by atoms with Crippen LogP contribution in [0.2, 0.25) is 0 Å². The van der Waals surface area contributed by atoms with Gasteiger partial charge in [0.2, 0.25) is 0 Å². The molecule has 1 aliphatic rings. The molecule has 3 aromatic rings.